The summed E-state index contributed by atoms with van der Waals surface area (Å²) in [5.74, 6) is -0.904. The molecule has 0 bridgehead atoms. The third-order valence-corrected chi connectivity index (χ3v) is 5.80. The van der Waals surface area contributed by atoms with E-state index >= 15 is 0 Å². The Kier molecular flexibility index (Phi) is 4.73. The molecule has 0 heterocycles. The fourth-order valence-electron chi connectivity index (χ4n) is 1.90. The third-order valence-electron chi connectivity index (χ3n) is 3.09. The van der Waals surface area contributed by atoms with E-state index in [2.05, 4.69) is 20.7 Å². The normalized spacial score (nSPS) is 16.9. The van der Waals surface area contributed by atoms with Crippen LogP contribution < -0.4 is 4.72 Å². The second kappa shape index (κ2) is 6.01. The molecule has 1 atom stereocenters. The van der Waals surface area contributed by atoms with Gasteiger partial charge in [0.15, 0.2) is 0 Å². The van der Waals surface area contributed by atoms with Gasteiger partial charge >= 0.3 is 5.97 Å². The van der Waals surface area contributed by atoms with Crippen LogP contribution in [0.2, 0.25) is 5.02 Å². The van der Waals surface area contributed by atoms with E-state index in [1.165, 1.54) is 18.2 Å². The fraction of sp³-hybridized carbons (Fsp3) is 0.417. The summed E-state index contributed by atoms with van der Waals surface area (Å²) < 4.78 is 27.5. The zero-order valence-corrected chi connectivity index (χ0v) is 13.5. The predicted octanol–water partition coefficient (Wildman–Crippen LogP) is 2.63. The number of nitrogens with one attached hydrogen (secondary N) is 1. The molecule has 0 radical (unpaired) electrons. The van der Waals surface area contributed by atoms with Gasteiger partial charge in [0.25, 0.3) is 0 Å². The number of rotatable bonds is 6. The number of aliphatic carboxylic acids is 1. The van der Waals surface area contributed by atoms with E-state index in [9.17, 15) is 13.2 Å². The second-order valence-corrected chi connectivity index (χ2v) is 7.71. The fourth-order valence-corrected chi connectivity index (χ4v) is 3.88. The summed E-state index contributed by atoms with van der Waals surface area (Å²) in [5, 5.41) is 9.26. The Balaban J connectivity index is 2.20. The second-order valence-electron chi connectivity index (χ2n) is 4.74. The standard InChI is InChI=1S/C12H13BrClNO4S/c13-9-5-8(3-4-10(9)14)20(18,19)15-11(6-12(16)17)7-1-2-7/h3-5,7,11,15H,1-2,6H2,(H,16,17). The van der Waals surface area contributed by atoms with Crippen molar-refractivity contribution in [2.24, 2.45) is 5.92 Å². The number of hydrogen-bond donors (Lipinski definition) is 2. The van der Waals surface area contributed by atoms with E-state index < -0.39 is 22.0 Å². The molecule has 1 aromatic rings. The van der Waals surface area contributed by atoms with Crippen molar-refractivity contribution in [1.82, 2.24) is 4.72 Å². The molecule has 1 aliphatic carbocycles. The molecule has 0 saturated heterocycles. The van der Waals surface area contributed by atoms with Crippen LogP contribution in [0.3, 0.4) is 0 Å². The number of carbonyl (C=O) groups is 1. The van der Waals surface area contributed by atoms with Gasteiger partial charge in [-0.2, -0.15) is 0 Å². The summed E-state index contributed by atoms with van der Waals surface area (Å²) in [6.45, 7) is 0. The highest BCUT2D eigenvalue weighted by atomic mass is 79.9. The van der Waals surface area contributed by atoms with Crippen molar-refractivity contribution in [2.45, 2.75) is 30.2 Å². The highest BCUT2D eigenvalue weighted by molar-refractivity contribution is 9.10. The molecular formula is C12H13BrClNO4S. The maximum Gasteiger partial charge on any atom is 0.304 e. The zero-order chi connectivity index (χ0) is 14.9. The van der Waals surface area contributed by atoms with Crippen LogP contribution in [-0.2, 0) is 14.8 Å². The molecule has 1 aliphatic rings. The Bertz CT molecular complexity index is 630. The lowest BCUT2D eigenvalue weighted by molar-refractivity contribution is -0.137. The van der Waals surface area contributed by atoms with E-state index in [4.69, 9.17) is 16.7 Å². The van der Waals surface area contributed by atoms with E-state index in [1.807, 2.05) is 0 Å². The first-order valence-corrected chi connectivity index (χ1v) is 8.64. The largest absolute Gasteiger partial charge is 0.481 e. The zero-order valence-electron chi connectivity index (χ0n) is 10.3. The van der Waals surface area contributed by atoms with Crippen LogP contribution in [0.15, 0.2) is 27.6 Å². The molecule has 1 fully saturated rings. The quantitative estimate of drug-likeness (QED) is 0.792. The number of sulfonamides is 1. The van der Waals surface area contributed by atoms with Gasteiger partial charge in [-0.3, -0.25) is 4.79 Å². The van der Waals surface area contributed by atoms with Gasteiger partial charge in [-0.1, -0.05) is 11.6 Å². The first-order valence-electron chi connectivity index (χ1n) is 5.99. The number of hydrogen-bond acceptors (Lipinski definition) is 3. The summed E-state index contributed by atoms with van der Waals surface area (Å²) in [5.41, 5.74) is 0. The molecule has 2 rings (SSSR count). The van der Waals surface area contributed by atoms with Gasteiger partial charge in [0.2, 0.25) is 10.0 Å². The average Bonchev–Trinajstić information content (AvgIpc) is 3.14. The Morgan fingerprint density at radius 2 is 2.15 bits per heavy atom. The molecular weight excluding hydrogens is 370 g/mol. The highest BCUT2D eigenvalue weighted by Gasteiger charge is 2.35. The molecule has 2 N–H and O–H groups in total. The van der Waals surface area contributed by atoms with Gasteiger partial charge in [-0.15, -0.1) is 0 Å². The molecule has 0 aromatic heterocycles. The SMILES string of the molecule is O=C(O)CC(NS(=O)(=O)c1ccc(Cl)c(Br)c1)C1CC1. The van der Waals surface area contributed by atoms with Crippen LogP contribution in [-0.4, -0.2) is 25.5 Å². The van der Waals surface area contributed by atoms with E-state index in [0.29, 0.717) is 9.50 Å². The smallest absolute Gasteiger partial charge is 0.304 e. The molecule has 0 aliphatic heterocycles. The highest BCUT2D eigenvalue weighted by Crippen LogP contribution is 2.35. The van der Waals surface area contributed by atoms with E-state index in [0.717, 1.165) is 12.8 Å². The van der Waals surface area contributed by atoms with Crippen LogP contribution in [0.4, 0.5) is 0 Å². The van der Waals surface area contributed by atoms with Crippen molar-refractivity contribution in [1.29, 1.82) is 0 Å². The topological polar surface area (TPSA) is 83.5 Å². The first-order chi connectivity index (χ1) is 9.29. The number of benzene rings is 1. The minimum absolute atomic E-state index is 0.0600. The van der Waals surface area contributed by atoms with Gasteiger partial charge in [0.05, 0.1) is 16.3 Å². The number of carboxylic acids is 1. The van der Waals surface area contributed by atoms with Gasteiger partial charge in [-0.05, 0) is 52.9 Å². The Labute approximate surface area is 130 Å². The van der Waals surface area contributed by atoms with Crippen LogP contribution in [0, 0.1) is 5.92 Å². The van der Waals surface area contributed by atoms with Crippen LogP contribution >= 0.6 is 27.5 Å². The molecule has 110 valence electrons. The predicted molar refractivity (Wildman–Crippen MR) is 78.2 cm³/mol. The minimum Gasteiger partial charge on any atom is -0.481 e. The number of carboxylic acid groups (broad SMARTS) is 1. The minimum atomic E-state index is -3.75. The Morgan fingerprint density at radius 1 is 1.50 bits per heavy atom. The molecule has 0 spiro atoms. The lowest BCUT2D eigenvalue weighted by Crippen LogP contribution is -2.38. The van der Waals surface area contributed by atoms with Crippen LogP contribution in [0.25, 0.3) is 0 Å². The monoisotopic (exact) mass is 381 g/mol. The lowest BCUT2D eigenvalue weighted by Gasteiger charge is -2.16. The first kappa shape index (κ1) is 15.8. The van der Waals surface area contributed by atoms with E-state index in [-0.39, 0.29) is 17.2 Å². The summed E-state index contributed by atoms with van der Waals surface area (Å²) in [6.07, 6.45) is 1.49. The molecule has 20 heavy (non-hydrogen) atoms. The van der Waals surface area contributed by atoms with Gasteiger partial charge in [-0.25, -0.2) is 13.1 Å². The van der Waals surface area contributed by atoms with Crippen molar-refractivity contribution in [3.05, 3.63) is 27.7 Å². The lowest BCUT2D eigenvalue weighted by atomic mass is 10.1. The average molecular weight is 383 g/mol. The maximum absolute atomic E-state index is 12.3. The number of halogens is 2. The molecule has 1 aromatic carbocycles. The van der Waals surface area contributed by atoms with Crippen LogP contribution in [0.5, 0.6) is 0 Å². The van der Waals surface area contributed by atoms with E-state index in [1.54, 1.807) is 0 Å². The van der Waals surface area contributed by atoms with Crippen molar-refractivity contribution in [3.8, 4) is 0 Å². The summed E-state index contributed by atoms with van der Waals surface area (Å²) in [6, 6.07) is 3.70. The molecule has 1 unspecified atom stereocenters. The third kappa shape index (κ3) is 3.94. The van der Waals surface area contributed by atoms with Gasteiger partial charge in [0, 0.05) is 10.5 Å². The van der Waals surface area contributed by atoms with Crippen molar-refractivity contribution in [2.75, 3.05) is 0 Å². The Hall–Kier alpha value is -0.630. The molecule has 0 amide bonds. The summed E-state index contributed by atoms with van der Waals surface area (Å²) >= 11 is 8.99. The summed E-state index contributed by atoms with van der Waals surface area (Å²) in [7, 11) is -3.75. The Morgan fingerprint density at radius 3 is 2.65 bits per heavy atom. The van der Waals surface area contributed by atoms with Crippen LogP contribution in [0.1, 0.15) is 19.3 Å². The van der Waals surface area contributed by atoms with Gasteiger partial charge < -0.3 is 5.11 Å². The molecule has 1 saturated carbocycles. The van der Waals surface area contributed by atoms with Gasteiger partial charge in [0.1, 0.15) is 0 Å². The molecule has 5 nitrogen and oxygen atoms in total. The van der Waals surface area contributed by atoms with Crippen molar-refractivity contribution < 1.29 is 18.3 Å². The van der Waals surface area contributed by atoms with Crippen molar-refractivity contribution in [3.63, 3.8) is 0 Å². The maximum atomic E-state index is 12.3. The molecule has 8 heteroatoms. The van der Waals surface area contributed by atoms with Crippen molar-refractivity contribution >= 4 is 43.5 Å². The summed E-state index contributed by atoms with van der Waals surface area (Å²) in [4.78, 5) is 10.9.